The van der Waals surface area contributed by atoms with Gasteiger partial charge in [-0.2, -0.15) is 0 Å². The van der Waals surface area contributed by atoms with E-state index in [1.165, 1.54) is 64.0 Å². The lowest BCUT2D eigenvalue weighted by atomic mass is 9.82. The smallest absolute Gasteiger partial charge is 0.112 e. The minimum absolute atomic E-state index is 0.192. The van der Waals surface area contributed by atoms with Crippen molar-refractivity contribution in [2.24, 2.45) is 10.4 Å². The number of nitrogens with one attached hydrogen (secondary N) is 4. The summed E-state index contributed by atoms with van der Waals surface area (Å²) in [6, 6.07) is 15.9. The van der Waals surface area contributed by atoms with Gasteiger partial charge in [-0.15, -0.1) is 0 Å². The fourth-order valence-corrected chi connectivity index (χ4v) is 7.45. The predicted octanol–water partition coefficient (Wildman–Crippen LogP) is 6.16. The summed E-state index contributed by atoms with van der Waals surface area (Å²) in [4.78, 5) is 11.1. The van der Waals surface area contributed by atoms with Crippen LogP contribution in [0.3, 0.4) is 0 Å². The monoisotopic (exact) mass is 536 g/mol. The van der Waals surface area contributed by atoms with E-state index in [0.29, 0.717) is 11.5 Å². The van der Waals surface area contributed by atoms with Crippen LogP contribution in [0.25, 0.3) is 28.1 Å². The molecule has 2 aromatic carbocycles. The molecule has 2 aliphatic carbocycles. The van der Waals surface area contributed by atoms with E-state index in [-0.39, 0.29) is 6.17 Å². The molecule has 3 aromatic rings. The second-order valence-electron chi connectivity index (χ2n) is 11.6. The van der Waals surface area contributed by atoms with Gasteiger partial charge in [0, 0.05) is 29.6 Å². The molecule has 7 heteroatoms. The maximum Gasteiger partial charge on any atom is 0.112 e. The number of hydrogen-bond donors (Lipinski definition) is 4. The summed E-state index contributed by atoms with van der Waals surface area (Å²) < 4.78 is 3.27. The third kappa shape index (κ3) is 4.42. The molecule has 7 rings (SSSR count). The van der Waals surface area contributed by atoms with Gasteiger partial charge in [0.15, 0.2) is 0 Å². The molecule has 1 fully saturated rings. The summed E-state index contributed by atoms with van der Waals surface area (Å²) in [6.07, 6.45) is 12.1. The molecule has 0 saturated heterocycles. The molecule has 200 valence electrons. The van der Waals surface area contributed by atoms with Crippen LogP contribution in [0, 0.1) is 5.41 Å². The number of amidine groups is 1. The summed E-state index contributed by atoms with van der Waals surface area (Å²) >= 11 is 1.64. The molecule has 1 aromatic heterocycles. The molecule has 39 heavy (non-hydrogen) atoms. The first-order chi connectivity index (χ1) is 19.0. The average molecular weight is 537 g/mol. The number of benzene rings is 2. The molecule has 4 N–H and O–H groups in total. The van der Waals surface area contributed by atoms with Crippen molar-refractivity contribution < 1.29 is 0 Å². The maximum absolute atomic E-state index is 5.15. The van der Waals surface area contributed by atoms with Crippen molar-refractivity contribution in [1.29, 1.82) is 0 Å². The molecule has 0 bridgehead atoms. The number of likely N-dealkylation sites (N-methyl/N-ethyl adjacent to an activating group) is 1. The number of pyridine rings is 1. The van der Waals surface area contributed by atoms with Gasteiger partial charge < -0.3 is 20.7 Å². The third-order valence-electron chi connectivity index (χ3n) is 9.08. The van der Waals surface area contributed by atoms with Crippen LogP contribution < -0.4 is 20.7 Å². The van der Waals surface area contributed by atoms with E-state index in [4.69, 9.17) is 9.98 Å². The molecule has 0 radical (unpaired) electrons. The first-order valence-corrected chi connectivity index (χ1v) is 15.0. The van der Waals surface area contributed by atoms with Gasteiger partial charge in [0.05, 0.1) is 22.0 Å². The van der Waals surface area contributed by atoms with Crippen molar-refractivity contribution in [1.82, 2.24) is 25.7 Å². The van der Waals surface area contributed by atoms with Crippen molar-refractivity contribution in [3.63, 3.8) is 0 Å². The second-order valence-corrected chi connectivity index (χ2v) is 12.5. The Bertz CT molecular complexity index is 1490. The van der Waals surface area contributed by atoms with E-state index < -0.39 is 0 Å². The third-order valence-corrected chi connectivity index (χ3v) is 10.0. The zero-order valence-electron chi connectivity index (χ0n) is 22.9. The normalized spacial score (nSPS) is 21.4. The topological polar surface area (TPSA) is 73.4 Å². The number of aliphatic imine (C=N–C) groups is 1. The number of nitrogens with zero attached hydrogens (tertiary/aromatic N) is 2. The van der Waals surface area contributed by atoms with Gasteiger partial charge >= 0.3 is 0 Å². The average Bonchev–Trinajstić information content (AvgIpc) is 3.72. The molecule has 4 aliphatic rings. The van der Waals surface area contributed by atoms with Crippen molar-refractivity contribution >= 4 is 29.2 Å². The second kappa shape index (κ2) is 9.72. The van der Waals surface area contributed by atoms with Gasteiger partial charge in [-0.25, -0.2) is 4.99 Å². The predicted molar refractivity (Wildman–Crippen MR) is 162 cm³/mol. The van der Waals surface area contributed by atoms with Crippen LogP contribution in [0.15, 0.2) is 64.7 Å². The summed E-state index contributed by atoms with van der Waals surface area (Å²) in [5, 5.41) is 10.4. The van der Waals surface area contributed by atoms with Crippen molar-refractivity contribution in [3.05, 3.63) is 71.6 Å². The number of aromatic nitrogens is 1. The Morgan fingerprint density at radius 3 is 2.54 bits per heavy atom. The van der Waals surface area contributed by atoms with Crippen molar-refractivity contribution in [2.75, 3.05) is 7.05 Å². The van der Waals surface area contributed by atoms with E-state index in [0.717, 1.165) is 35.8 Å². The van der Waals surface area contributed by atoms with Gasteiger partial charge in [-0.05, 0) is 98.3 Å². The lowest BCUT2D eigenvalue weighted by Crippen LogP contribution is -2.47. The first-order valence-electron chi connectivity index (χ1n) is 14.2. The molecule has 2 aliphatic heterocycles. The van der Waals surface area contributed by atoms with Gasteiger partial charge in [0.1, 0.15) is 12.0 Å². The number of hydrogen-bond acceptors (Lipinski definition) is 7. The fourth-order valence-electron chi connectivity index (χ4n) is 6.80. The van der Waals surface area contributed by atoms with Crippen LogP contribution in [-0.4, -0.2) is 30.1 Å². The van der Waals surface area contributed by atoms with Crippen LogP contribution in [0.4, 0.5) is 5.69 Å². The van der Waals surface area contributed by atoms with Gasteiger partial charge in [0.25, 0.3) is 0 Å². The van der Waals surface area contributed by atoms with Crippen molar-refractivity contribution in [3.8, 4) is 22.4 Å². The molecule has 2 atom stereocenters. The molecule has 1 spiro atoms. The van der Waals surface area contributed by atoms with E-state index in [1.807, 2.05) is 14.0 Å². The Balaban J connectivity index is 1.24. The largest absolute Gasteiger partial charge is 0.368 e. The SMILES string of the molecule is CN[C@H](C)C1NC=C(c2ccc(-c3ncc(-c4ccc5c(c4)N=C(C)NS5)c4c3CC3(CCCC3)C4)cc2)N1. The van der Waals surface area contributed by atoms with E-state index in [2.05, 4.69) is 82.5 Å². The summed E-state index contributed by atoms with van der Waals surface area (Å²) in [6.45, 7) is 4.19. The van der Waals surface area contributed by atoms with E-state index in [9.17, 15) is 0 Å². The highest BCUT2D eigenvalue weighted by molar-refractivity contribution is 7.98. The standard InChI is InChI=1S/C32H36N6S/c1-19(33-3)31-35-18-28(37-31)21-6-8-22(9-7-21)30-25-16-32(12-4-5-13-32)15-24(25)26(17-34-30)23-10-11-29-27(14-23)36-20(2)38-39-29/h6-11,14,17-19,31,33,35,37H,4-5,12-13,15-16H2,1-3H3,(H,36,38)/t19-,31?/m1/s1. The zero-order valence-corrected chi connectivity index (χ0v) is 23.7. The lowest BCUT2D eigenvalue weighted by Gasteiger charge is -2.22. The number of fused-ring (bicyclic) bond motifs is 2. The Hall–Kier alpha value is -3.29. The highest BCUT2D eigenvalue weighted by atomic mass is 32.2. The van der Waals surface area contributed by atoms with Crippen LogP contribution >= 0.6 is 11.9 Å². The quantitative estimate of drug-likeness (QED) is 0.293. The van der Waals surface area contributed by atoms with Crippen LogP contribution in [0.1, 0.15) is 56.2 Å². The van der Waals surface area contributed by atoms with Crippen LogP contribution in [0.2, 0.25) is 0 Å². The van der Waals surface area contributed by atoms with E-state index >= 15 is 0 Å². The van der Waals surface area contributed by atoms with Gasteiger partial charge in [-0.1, -0.05) is 43.2 Å². The first kappa shape index (κ1) is 24.7. The minimum atomic E-state index is 0.192. The minimum Gasteiger partial charge on any atom is -0.368 e. The van der Waals surface area contributed by atoms with E-state index in [1.54, 1.807) is 11.9 Å². The Morgan fingerprint density at radius 2 is 1.74 bits per heavy atom. The fraction of sp³-hybridized carbons (Fsp3) is 0.375. The Kier molecular flexibility index (Phi) is 6.16. The summed E-state index contributed by atoms with van der Waals surface area (Å²) in [5.74, 6) is 0.947. The summed E-state index contributed by atoms with van der Waals surface area (Å²) in [7, 11) is 1.99. The molecule has 1 unspecified atom stereocenters. The highest BCUT2D eigenvalue weighted by Crippen LogP contribution is 2.52. The van der Waals surface area contributed by atoms with Gasteiger partial charge in [0.2, 0.25) is 0 Å². The van der Waals surface area contributed by atoms with Crippen LogP contribution in [0.5, 0.6) is 0 Å². The molecule has 0 amide bonds. The highest BCUT2D eigenvalue weighted by Gasteiger charge is 2.42. The number of rotatable bonds is 5. The zero-order chi connectivity index (χ0) is 26.6. The molecular weight excluding hydrogens is 500 g/mol. The molecule has 6 nitrogen and oxygen atoms in total. The summed E-state index contributed by atoms with van der Waals surface area (Å²) in [5.41, 5.74) is 11.6. The molecular formula is C32H36N6S. The Morgan fingerprint density at radius 1 is 1.00 bits per heavy atom. The van der Waals surface area contributed by atoms with Crippen LogP contribution in [-0.2, 0) is 12.8 Å². The molecule has 1 saturated carbocycles. The lowest BCUT2D eigenvalue weighted by molar-refractivity contribution is 0.318. The maximum atomic E-state index is 5.15. The molecule has 3 heterocycles. The van der Waals surface area contributed by atoms with Gasteiger partial charge in [-0.3, -0.25) is 4.98 Å². The van der Waals surface area contributed by atoms with Crippen molar-refractivity contribution in [2.45, 2.75) is 69.5 Å². The Labute approximate surface area is 235 Å².